The van der Waals surface area contributed by atoms with Crippen molar-refractivity contribution in [2.45, 2.75) is 0 Å². The summed E-state index contributed by atoms with van der Waals surface area (Å²) in [5.41, 5.74) is 0. The number of nitrogens with one attached hydrogen (secondary N) is 2. The number of hydrogen-bond donors (Lipinski definition) is 2. The molecular weight excluding hydrogens is 142 g/mol. The molecule has 0 aromatic rings. The molecule has 1 amide bonds. The van der Waals surface area contributed by atoms with Gasteiger partial charge in [-0.15, -0.1) is 0 Å². The van der Waals surface area contributed by atoms with Crippen LogP contribution < -0.4 is 10.6 Å². The zero-order chi connectivity index (χ0) is 7.94. The Balaban J connectivity index is 2.24. The zero-order valence-electron chi connectivity index (χ0n) is 6.68. The van der Waals surface area contributed by atoms with E-state index in [0.29, 0.717) is 0 Å². The molecule has 0 bridgehead atoms. The third kappa shape index (κ3) is 3.34. The molecule has 2 N–H and O–H groups in total. The Kier molecular flexibility index (Phi) is 3.93. The van der Waals surface area contributed by atoms with Crippen LogP contribution in [0.1, 0.15) is 0 Å². The first-order chi connectivity index (χ1) is 5.43. The lowest BCUT2D eigenvalue weighted by molar-refractivity contribution is -0.118. The lowest BCUT2D eigenvalue weighted by Crippen LogP contribution is -2.32. The Morgan fingerprint density at radius 2 is 1.55 bits per heavy atom. The quantitative estimate of drug-likeness (QED) is 0.462. The van der Waals surface area contributed by atoms with E-state index in [2.05, 4.69) is 10.6 Å². The zero-order valence-corrected chi connectivity index (χ0v) is 6.68. The van der Waals surface area contributed by atoms with E-state index in [1.807, 2.05) is 0 Å². The predicted octanol–water partition coefficient (Wildman–Crippen LogP) is -1.36. The molecule has 0 aromatic heterocycles. The largest absolute Gasteiger partial charge is 0.343 e. The molecule has 1 rings (SSSR count). The van der Waals surface area contributed by atoms with Gasteiger partial charge in [0, 0.05) is 39.3 Å². The molecule has 0 spiro atoms. The SMILES string of the molecule is O=CN1CCNCCNCC1. The number of carbonyl (C=O) groups is 1. The molecule has 1 fully saturated rings. The van der Waals surface area contributed by atoms with Crippen molar-refractivity contribution < 1.29 is 4.79 Å². The number of amides is 1. The van der Waals surface area contributed by atoms with Gasteiger partial charge in [0.1, 0.15) is 0 Å². The Labute approximate surface area is 66.9 Å². The minimum Gasteiger partial charge on any atom is -0.343 e. The molecule has 4 heteroatoms. The van der Waals surface area contributed by atoms with Gasteiger partial charge in [-0.3, -0.25) is 4.79 Å². The van der Waals surface area contributed by atoms with Crippen LogP contribution >= 0.6 is 0 Å². The van der Waals surface area contributed by atoms with E-state index in [1.54, 1.807) is 4.90 Å². The van der Waals surface area contributed by atoms with Gasteiger partial charge in [0.2, 0.25) is 6.41 Å². The van der Waals surface area contributed by atoms with Crippen molar-refractivity contribution in [3.05, 3.63) is 0 Å². The lowest BCUT2D eigenvalue weighted by Gasteiger charge is -2.14. The Morgan fingerprint density at radius 1 is 1.00 bits per heavy atom. The van der Waals surface area contributed by atoms with E-state index in [1.165, 1.54) is 0 Å². The van der Waals surface area contributed by atoms with Gasteiger partial charge in [0.05, 0.1) is 0 Å². The predicted molar refractivity (Wildman–Crippen MR) is 43.4 cm³/mol. The average Bonchev–Trinajstić information content (AvgIpc) is 2.16. The van der Waals surface area contributed by atoms with Gasteiger partial charge < -0.3 is 15.5 Å². The van der Waals surface area contributed by atoms with Gasteiger partial charge in [-0.1, -0.05) is 0 Å². The summed E-state index contributed by atoms with van der Waals surface area (Å²) in [5.74, 6) is 0. The molecule has 0 radical (unpaired) electrons. The van der Waals surface area contributed by atoms with Gasteiger partial charge >= 0.3 is 0 Å². The molecule has 0 aromatic carbocycles. The Bertz CT molecular complexity index is 108. The van der Waals surface area contributed by atoms with Crippen molar-refractivity contribution >= 4 is 6.41 Å². The summed E-state index contributed by atoms with van der Waals surface area (Å²) in [4.78, 5) is 12.2. The fourth-order valence-electron chi connectivity index (χ4n) is 1.09. The van der Waals surface area contributed by atoms with Crippen molar-refractivity contribution in [3.63, 3.8) is 0 Å². The number of hydrogen-bond acceptors (Lipinski definition) is 3. The number of carbonyl (C=O) groups excluding carboxylic acids is 1. The van der Waals surface area contributed by atoms with Crippen LogP contribution in [0.3, 0.4) is 0 Å². The maximum atomic E-state index is 10.4. The van der Waals surface area contributed by atoms with Crippen molar-refractivity contribution in [2.75, 3.05) is 39.3 Å². The van der Waals surface area contributed by atoms with Crippen LogP contribution in [0.25, 0.3) is 0 Å². The third-order valence-corrected chi connectivity index (χ3v) is 1.78. The molecule has 11 heavy (non-hydrogen) atoms. The highest BCUT2D eigenvalue weighted by Crippen LogP contribution is 1.81. The van der Waals surface area contributed by atoms with Gasteiger partial charge in [-0.25, -0.2) is 0 Å². The van der Waals surface area contributed by atoms with Crippen LogP contribution in [-0.2, 0) is 4.79 Å². The molecule has 1 heterocycles. The van der Waals surface area contributed by atoms with Crippen LogP contribution in [0.2, 0.25) is 0 Å². The van der Waals surface area contributed by atoms with Crippen molar-refractivity contribution in [2.24, 2.45) is 0 Å². The fraction of sp³-hybridized carbons (Fsp3) is 0.857. The second-order valence-electron chi connectivity index (χ2n) is 2.64. The summed E-state index contributed by atoms with van der Waals surface area (Å²) >= 11 is 0. The van der Waals surface area contributed by atoms with Gasteiger partial charge in [-0.05, 0) is 0 Å². The van der Waals surface area contributed by atoms with E-state index < -0.39 is 0 Å². The highest BCUT2D eigenvalue weighted by atomic mass is 16.1. The maximum absolute atomic E-state index is 10.4. The van der Waals surface area contributed by atoms with Crippen molar-refractivity contribution in [1.82, 2.24) is 15.5 Å². The highest BCUT2D eigenvalue weighted by Gasteiger charge is 2.01. The molecule has 0 unspecified atom stereocenters. The molecule has 0 atom stereocenters. The summed E-state index contributed by atoms with van der Waals surface area (Å²) in [6.45, 7) is 5.44. The molecule has 1 aliphatic heterocycles. The fourth-order valence-corrected chi connectivity index (χ4v) is 1.09. The standard InChI is InChI=1S/C7H15N3O/c11-7-10-5-3-8-1-2-9-4-6-10/h7-9H,1-6H2. The normalized spacial score (nSPS) is 21.6. The van der Waals surface area contributed by atoms with E-state index in [4.69, 9.17) is 0 Å². The summed E-state index contributed by atoms with van der Waals surface area (Å²) in [6.07, 6.45) is 0.911. The summed E-state index contributed by atoms with van der Waals surface area (Å²) in [5, 5.41) is 6.46. The average molecular weight is 157 g/mol. The van der Waals surface area contributed by atoms with Crippen LogP contribution in [0, 0.1) is 0 Å². The van der Waals surface area contributed by atoms with E-state index in [-0.39, 0.29) is 0 Å². The molecule has 4 nitrogen and oxygen atoms in total. The Morgan fingerprint density at radius 3 is 2.00 bits per heavy atom. The van der Waals surface area contributed by atoms with E-state index in [0.717, 1.165) is 45.7 Å². The summed E-state index contributed by atoms with van der Waals surface area (Å²) < 4.78 is 0. The van der Waals surface area contributed by atoms with Crippen molar-refractivity contribution in [3.8, 4) is 0 Å². The molecular formula is C7H15N3O. The minimum atomic E-state index is 0.825. The maximum Gasteiger partial charge on any atom is 0.209 e. The lowest BCUT2D eigenvalue weighted by atomic mass is 10.5. The molecule has 1 aliphatic rings. The minimum absolute atomic E-state index is 0.825. The molecule has 0 aliphatic carbocycles. The first kappa shape index (κ1) is 8.49. The second kappa shape index (κ2) is 5.09. The van der Waals surface area contributed by atoms with E-state index in [9.17, 15) is 4.79 Å². The van der Waals surface area contributed by atoms with Gasteiger partial charge in [0.15, 0.2) is 0 Å². The van der Waals surface area contributed by atoms with E-state index >= 15 is 0 Å². The topological polar surface area (TPSA) is 44.4 Å². The van der Waals surface area contributed by atoms with Crippen LogP contribution in [0.15, 0.2) is 0 Å². The monoisotopic (exact) mass is 157 g/mol. The van der Waals surface area contributed by atoms with Crippen LogP contribution in [0.5, 0.6) is 0 Å². The van der Waals surface area contributed by atoms with Crippen LogP contribution in [0.4, 0.5) is 0 Å². The molecule has 64 valence electrons. The third-order valence-electron chi connectivity index (χ3n) is 1.78. The highest BCUT2D eigenvalue weighted by molar-refractivity contribution is 5.46. The Hall–Kier alpha value is -0.610. The second-order valence-corrected chi connectivity index (χ2v) is 2.64. The number of rotatable bonds is 1. The first-order valence-corrected chi connectivity index (χ1v) is 4.04. The molecule has 1 saturated heterocycles. The van der Waals surface area contributed by atoms with Crippen LogP contribution in [-0.4, -0.2) is 50.6 Å². The molecule has 0 saturated carbocycles. The first-order valence-electron chi connectivity index (χ1n) is 4.04. The number of nitrogens with zero attached hydrogens (tertiary/aromatic N) is 1. The summed E-state index contributed by atoms with van der Waals surface area (Å²) in [7, 11) is 0. The van der Waals surface area contributed by atoms with Gasteiger partial charge in [-0.2, -0.15) is 0 Å². The van der Waals surface area contributed by atoms with Gasteiger partial charge in [0.25, 0.3) is 0 Å². The smallest absolute Gasteiger partial charge is 0.209 e. The summed E-state index contributed by atoms with van der Waals surface area (Å²) in [6, 6.07) is 0. The van der Waals surface area contributed by atoms with Crippen molar-refractivity contribution in [1.29, 1.82) is 0 Å².